The standard InChI is InChI=1S/C44H82NO10P/c1-3-5-7-9-11-13-15-17-19-20-22-23-25-27-29-31-33-35-42(47)45-41(44(49)50)39-55-56(51,52)54-38-40(46)37-53-43(48)36-34-32-30-28-26-24-21-18-16-14-12-10-8-6-4-2/h11,13,17,19,40-41,46H,3-10,12,14-16,18,20-39H2,1-2H3,(H,45,47)(H,49,50)(H,51,52)/b13-11-,19-17-. The summed E-state index contributed by atoms with van der Waals surface area (Å²) >= 11 is 0. The minimum absolute atomic E-state index is 0.138. The molecule has 1 amide bonds. The number of carbonyl (C=O) groups is 3. The maximum absolute atomic E-state index is 12.3. The molecular weight excluding hydrogens is 733 g/mol. The molecule has 328 valence electrons. The third-order valence-electron chi connectivity index (χ3n) is 9.74. The number of esters is 1. The fourth-order valence-electron chi connectivity index (χ4n) is 6.23. The van der Waals surface area contributed by atoms with E-state index in [1.807, 2.05) is 0 Å². The maximum atomic E-state index is 12.3. The Labute approximate surface area is 340 Å². The zero-order chi connectivity index (χ0) is 41.4. The summed E-state index contributed by atoms with van der Waals surface area (Å²) in [4.78, 5) is 45.9. The lowest BCUT2D eigenvalue weighted by molar-refractivity contribution is -0.147. The van der Waals surface area contributed by atoms with E-state index in [0.717, 1.165) is 57.8 Å². The van der Waals surface area contributed by atoms with Crippen LogP contribution in [0.15, 0.2) is 24.3 Å². The van der Waals surface area contributed by atoms with Gasteiger partial charge in [0.15, 0.2) is 6.04 Å². The van der Waals surface area contributed by atoms with Gasteiger partial charge in [-0.15, -0.1) is 0 Å². The van der Waals surface area contributed by atoms with Crippen molar-refractivity contribution in [1.82, 2.24) is 5.32 Å². The number of phosphoric ester groups is 1. The van der Waals surface area contributed by atoms with Gasteiger partial charge < -0.3 is 25.2 Å². The summed E-state index contributed by atoms with van der Waals surface area (Å²) in [6.45, 7) is 2.58. The number of aliphatic carboxylic acids is 1. The van der Waals surface area contributed by atoms with Crippen molar-refractivity contribution in [2.45, 2.75) is 219 Å². The Hall–Kier alpha value is -2.04. The van der Waals surface area contributed by atoms with E-state index in [1.165, 1.54) is 109 Å². The van der Waals surface area contributed by atoms with E-state index in [1.54, 1.807) is 0 Å². The van der Waals surface area contributed by atoms with E-state index < -0.39 is 57.6 Å². The van der Waals surface area contributed by atoms with Crippen molar-refractivity contribution in [2.75, 3.05) is 19.8 Å². The second-order valence-electron chi connectivity index (χ2n) is 15.2. The first-order chi connectivity index (χ1) is 27.1. The van der Waals surface area contributed by atoms with E-state index in [0.29, 0.717) is 12.8 Å². The van der Waals surface area contributed by atoms with Crippen molar-refractivity contribution >= 4 is 25.7 Å². The highest BCUT2D eigenvalue weighted by Gasteiger charge is 2.28. The Bertz CT molecular complexity index is 1050. The number of aliphatic hydroxyl groups is 1. The van der Waals surface area contributed by atoms with Crippen LogP contribution in [0, 0.1) is 0 Å². The number of hydrogen-bond donors (Lipinski definition) is 4. The van der Waals surface area contributed by atoms with Gasteiger partial charge in [0.2, 0.25) is 5.91 Å². The number of hydrogen-bond acceptors (Lipinski definition) is 8. The number of carboxylic acids is 1. The number of carbonyl (C=O) groups excluding carboxylic acids is 2. The molecule has 11 nitrogen and oxygen atoms in total. The molecule has 0 fully saturated rings. The molecule has 3 atom stereocenters. The second kappa shape index (κ2) is 39.8. The lowest BCUT2D eigenvalue weighted by atomic mass is 10.0. The van der Waals surface area contributed by atoms with Gasteiger partial charge in [0.1, 0.15) is 12.7 Å². The lowest BCUT2D eigenvalue weighted by Crippen LogP contribution is -2.43. The SMILES string of the molecule is CCCCC/C=C\C/C=C\CCCCCCCCCC(=O)NC(COP(=O)(O)OCC(O)COC(=O)CCCCCCCCCCCCCCCCC)C(=O)O. The second-order valence-corrected chi connectivity index (χ2v) is 16.7. The van der Waals surface area contributed by atoms with Gasteiger partial charge in [-0.2, -0.15) is 0 Å². The number of unbranched alkanes of at least 4 members (excludes halogenated alkanes) is 24. The summed E-state index contributed by atoms with van der Waals surface area (Å²) in [6, 6.07) is -1.55. The molecule has 0 aromatic heterocycles. The van der Waals surface area contributed by atoms with Crippen LogP contribution < -0.4 is 5.32 Å². The molecule has 3 unspecified atom stereocenters. The largest absolute Gasteiger partial charge is 0.480 e. The van der Waals surface area contributed by atoms with E-state index in [-0.39, 0.29) is 12.8 Å². The summed E-state index contributed by atoms with van der Waals surface area (Å²) in [7, 11) is -4.75. The van der Waals surface area contributed by atoms with Crippen molar-refractivity contribution in [3.8, 4) is 0 Å². The van der Waals surface area contributed by atoms with Gasteiger partial charge in [-0.05, 0) is 44.9 Å². The average molecular weight is 816 g/mol. The molecule has 0 heterocycles. The van der Waals surface area contributed by atoms with E-state index in [4.69, 9.17) is 13.8 Å². The molecule has 0 aliphatic rings. The first-order valence-electron chi connectivity index (χ1n) is 22.4. The Balaban J connectivity index is 3.90. The van der Waals surface area contributed by atoms with E-state index >= 15 is 0 Å². The quantitative estimate of drug-likeness (QED) is 0.0201. The van der Waals surface area contributed by atoms with Crippen LogP contribution in [0.5, 0.6) is 0 Å². The van der Waals surface area contributed by atoms with Crippen LogP contribution in [0.2, 0.25) is 0 Å². The number of aliphatic hydroxyl groups excluding tert-OH is 1. The summed E-state index contributed by atoms with van der Waals surface area (Å²) < 4.78 is 26.8. The van der Waals surface area contributed by atoms with Gasteiger partial charge in [-0.3, -0.25) is 18.6 Å². The monoisotopic (exact) mass is 816 g/mol. The van der Waals surface area contributed by atoms with Crippen LogP contribution in [0.3, 0.4) is 0 Å². The van der Waals surface area contributed by atoms with Crippen LogP contribution in [-0.2, 0) is 32.7 Å². The van der Waals surface area contributed by atoms with Gasteiger partial charge in [0.25, 0.3) is 0 Å². The van der Waals surface area contributed by atoms with Gasteiger partial charge in [-0.1, -0.05) is 173 Å². The minimum Gasteiger partial charge on any atom is -0.480 e. The molecule has 4 N–H and O–H groups in total. The predicted octanol–water partition coefficient (Wildman–Crippen LogP) is 11.4. The third kappa shape index (κ3) is 38.8. The molecule has 12 heteroatoms. The fourth-order valence-corrected chi connectivity index (χ4v) is 7.00. The highest BCUT2D eigenvalue weighted by Crippen LogP contribution is 2.43. The molecule has 56 heavy (non-hydrogen) atoms. The molecule has 0 aliphatic carbocycles. The topological polar surface area (TPSA) is 169 Å². The van der Waals surface area contributed by atoms with Gasteiger partial charge in [-0.25, -0.2) is 9.36 Å². The number of amides is 1. The summed E-state index contributed by atoms with van der Waals surface area (Å²) in [5, 5.41) is 21.8. The van der Waals surface area contributed by atoms with Gasteiger partial charge >= 0.3 is 19.8 Å². The zero-order valence-electron chi connectivity index (χ0n) is 35.4. The Morgan fingerprint density at radius 1 is 0.571 bits per heavy atom. The molecule has 0 saturated heterocycles. The van der Waals surface area contributed by atoms with Crippen LogP contribution in [0.25, 0.3) is 0 Å². The molecule has 0 saturated carbocycles. The average Bonchev–Trinajstić information content (AvgIpc) is 3.17. The van der Waals surface area contributed by atoms with Crippen LogP contribution in [0.4, 0.5) is 0 Å². The van der Waals surface area contributed by atoms with Gasteiger partial charge in [0.05, 0.1) is 13.2 Å². The summed E-state index contributed by atoms with van der Waals surface area (Å²) in [6.07, 6.45) is 40.5. The van der Waals surface area contributed by atoms with Crippen molar-refractivity contribution < 1.29 is 47.8 Å². The highest BCUT2D eigenvalue weighted by molar-refractivity contribution is 7.47. The van der Waals surface area contributed by atoms with Crippen LogP contribution in [0.1, 0.15) is 206 Å². The number of phosphoric acid groups is 1. The van der Waals surface area contributed by atoms with Crippen LogP contribution in [-0.4, -0.2) is 64.9 Å². The summed E-state index contributed by atoms with van der Waals surface area (Å²) in [5.41, 5.74) is 0. The number of allylic oxidation sites excluding steroid dienone is 4. The van der Waals surface area contributed by atoms with Crippen molar-refractivity contribution in [3.05, 3.63) is 24.3 Å². The molecule has 0 radical (unpaired) electrons. The van der Waals surface area contributed by atoms with Gasteiger partial charge in [0, 0.05) is 12.8 Å². The normalized spacial score (nSPS) is 13.9. The maximum Gasteiger partial charge on any atom is 0.472 e. The highest BCUT2D eigenvalue weighted by atomic mass is 31.2. The van der Waals surface area contributed by atoms with Crippen LogP contribution >= 0.6 is 7.82 Å². The smallest absolute Gasteiger partial charge is 0.472 e. The predicted molar refractivity (Wildman–Crippen MR) is 226 cm³/mol. The van der Waals surface area contributed by atoms with E-state index in [9.17, 15) is 34.1 Å². The molecule has 0 aromatic rings. The number of carboxylic acid groups (broad SMARTS) is 1. The molecular formula is C44H82NO10P. The number of nitrogens with one attached hydrogen (secondary N) is 1. The van der Waals surface area contributed by atoms with E-state index in [2.05, 4.69) is 43.5 Å². The zero-order valence-corrected chi connectivity index (χ0v) is 36.3. The first-order valence-corrected chi connectivity index (χ1v) is 23.9. The Morgan fingerprint density at radius 3 is 1.48 bits per heavy atom. The first kappa shape index (κ1) is 54.0. The Morgan fingerprint density at radius 2 is 0.982 bits per heavy atom. The molecule has 0 spiro atoms. The van der Waals surface area contributed by atoms with Crippen molar-refractivity contribution in [3.63, 3.8) is 0 Å². The lowest BCUT2D eigenvalue weighted by Gasteiger charge is -2.18. The minimum atomic E-state index is -4.75. The fraction of sp³-hybridized carbons (Fsp3) is 0.841. The number of rotatable bonds is 42. The molecule has 0 rings (SSSR count). The molecule has 0 aromatic carbocycles. The molecule has 0 bridgehead atoms. The van der Waals surface area contributed by atoms with Crippen molar-refractivity contribution in [2.24, 2.45) is 0 Å². The molecule has 0 aliphatic heterocycles. The third-order valence-corrected chi connectivity index (χ3v) is 10.7. The Kier molecular flexibility index (Phi) is 38.3. The summed E-state index contributed by atoms with van der Waals surface area (Å²) in [5.74, 6) is -2.37. The van der Waals surface area contributed by atoms with Crippen molar-refractivity contribution in [1.29, 1.82) is 0 Å². The number of ether oxygens (including phenoxy) is 1.